The van der Waals surface area contributed by atoms with Gasteiger partial charge in [-0.05, 0) is 47.9 Å². The molecule has 3 N–H and O–H groups in total. The lowest BCUT2D eigenvalue weighted by Gasteiger charge is -2.42. The highest BCUT2D eigenvalue weighted by molar-refractivity contribution is 5.85. The van der Waals surface area contributed by atoms with Crippen molar-refractivity contribution in [1.29, 1.82) is 0 Å². The quantitative estimate of drug-likeness (QED) is 0.650. The van der Waals surface area contributed by atoms with Crippen molar-refractivity contribution in [3.8, 4) is 11.1 Å². The van der Waals surface area contributed by atoms with Gasteiger partial charge < -0.3 is 20.3 Å². The lowest BCUT2D eigenvalue weighted by Crippen LogP contribution is -2.61. The molecule has 2 aliphatic rings. The fourth-order valence-electron chi connectivity index (χ4n) is 4.60. The Kier molecular flexibility index (Phi) is 5.40. The molecule has 0 heterocycles. The van der Waals surface area contributed by atoms with Gasteiger partial charge in [-0.2, -0.15) is 13.2 Å². The van der Waals surface area contributed by atoms with E-state index >= 15 is 0 Å². The number of aliphatic hydroxyl groups is 1. The first-order chi connectivity index (χ1) is 15.1. The molecule has 2 aromatic rings. The summed E-state index contributed by atoms with van der Waals surface area (Å²) in [5, 5.41) is 21.7. The van der Waals surface area contributed by atoms with Crippen LogP contribution in [0.15, 0.2) is 48.5 Å². The van der Waals surface area contributed by atoms with E-state index in [-0.39, 0.29) is 12.5 Å². The summed E-state index contributed by atoms with van der Waals surface area (Å²) in [4.78, 5) is 24.3. The number of carboxylic acids is 1. The highest BCUT2D eigenvalue weighted by atomic mass is 19.4. The predicted molar refractivity (Wildman–Crippen MR) is 108 cm³/mol. The summed E-state index contributed by atoms with van der Waals surface area (Å²) in [5.41, 5.74) is -0.894. The van der Waals surface area contributed by atoms with Gasteiger partial charge >= 0.3 is 18.2 Å². The zero-order chi connectivity index (χ0) is 23.1. The first-order valence-corrected chi connectivity index (χ1v) is 10.2. The smallest absolute Gasteiger partial charge is 0.417 e. The van der Waals surface area contributed by atoms with Gasteiger partial charge in [0.05, 0.1) is 0 Å². The number of fused-ring (bicyclic) bond motifs is 3. The SMILES string of the molecule is O=C(NC1(C(=O)O)CCC(O)(C(F)(F)F)CC1)OCC1c2ccccc2-c2ccccc21. The van der Waals surface area contributed by atoms with E-state index in [4.69, 9.17) is 4.74 Å². The van der Waals surface area contributed by atoms with Crippen molar-refractivity contribution in [2.45, 2.75) is 48.9 Å². The van der Waals surface area contributed by atoms with Crippen LogP contribution in [0.3, 0.4) is 0 Å². The van der Waals surface area contributed by atoms with Crippen molar-refractivity contribution < 1.29 is 37.7 Å². The number of halogens is 3. The van der Waals surface area contributed by atoms with Crippen molar-refractivity contribution in [2.24, 2.45) is 0 Å². The number of alkyl carbamates (subject to hydrolysis) is 1. The third kappa shape index (κ3) is 3.70. The zero-order valence-corrected chi connectivity index (χ0v) is 17.0. The summed E-state index contributed by atoms with van der Waals surface area (Å²) < 4.78 is 44.5. The fourth-order valence-corrected chi connectivity index (χ4v) is 4.60. The molecular weight excluding hydrogens is 427 g/mol. The first kappa shape index (κ1) is 22.1. The van der Waals surface area contributed by atoms with Gasteiger partial charge in [-0.3, -0.25) is 0 Å². The maximum atomic E-state index is 13.1. The molecule has 0 bridgehead atoms. The number of hydrogen-bond acceptors (Lipinski definition) is 4. The van der Waals surface area contributed by atoms with Crippen LogP contribution in [0.1, 0.15) is 42.7 Å². The molecule has 0 atom stereocenters. The van der Waals surface area contributed by atoms with E-state index < -0.39 is 55.1 Å². The fraction of sp³-hybridized carbons (Fsp3) is 0.391. The van der Waals surface area contributed by atoms with Crippen LogP contribution in [0, 0.1) is 0 Å². The van der Waals surface area contributed by atoms with Gasteiger partial charge in [0.15, 0.2) is 5.60 Å². The molecule has 0 saturated heterocycles. The summed E-state index contributed by atoms with van der Waals surface area (Å²) in [6.45, 7) is -0.0535. The molecule has 4 rings (SSSR count). The molecule has 9 heteroatoms. The van der Waals surface area contributed by atoms with Crippen LogP contribution in [0.2, 0.25) is 0 Å². The van der Waals surface area contributed by atoms with Crippen LogP contribution in [-0.4, -0.2) is 46.2 Å². The Morgan fingerprint density at radius 2 is 1.47 bits per heavy atom. The van der Waals surface area contributed by atoms with E-state index in [0.717, 1.165) is 22.3 Å². The van der Waals surface area contributed by atoms with Crippen LogP contribution in [0.4, 0.5) is 18.0 Å². The zero-order valence-electron chi connectivity index (χ0n) is 17.0. The predicted octanol–water partition coefficient (Wildman–Crippen LogP) is 4.22. The molecular formula is C23H22F3NO5. The minimum absolute atomic E-state index is 0.0535. The van der Waals surface area contributed by atoms with Gasteiger partial charge in [-0.1, -0.05) is 48.5 Å². The molecule has 0 aromatic heterocycles. The van der Waals surface area contributed by atoms with Gasteiger partial charge in [0.2, 0.25) is 0 Å². The Balaban J connectivity index is 1.45. The summed E-state index contributed by atoms with van der Waals surface area (Å²) in [5.74, 6) is -1.70. The number of alkyl halides is 3. The minimum Gasteiger partial charge on any atom is -0.480 e. The lowest BCUT2D eigenvalue weighted by molar-refractivity contribution is -0.273. The van der Waals surface area contributed by atoms with E-state index in [1.54, 1.807) is 0 Å². The maximum Gasteiger partial charge on any atom is 0.417 e. The second kappa shape index (κ2) is 7.81. The summed E-state index contributed by atoms with van der Waals surface area (Å²) in [6.07, 6.45) is -8.68. The van der Waals surface area contributed by atoms with Gasteiger partial charge in [0.25, 0.3) is 0 Å². The molecule has 1 fully saturated rings. The highest BCUT2D eigenvalue weighted by Crippen LogP contribution is 2.46. The molecule has 170 valence electrons. The molecule has 1 saturated carbocycles. The van der Waals surface area contributed by atoms with Crippen molar-refractivity contribution >= 4 is 12.1 Å². The number of carbonyl (C=O) groups is 2. The van der Waals surface area contributed by atoms with Crippen molar-refractivity contribution in [2.75, 3.05) is 6.61 Å². The van der Waals surface area contributed by atoms with E-state index in [2.05, 4.69) is 5.32 Å². The average Bonchev–Trinajstić information content (AvgIpc) is 3.07. The van der Waals surface area contributed by atoms with Crippen LogP contribution in [0.25, 0.3) is 11.1 Å². The molecule has 1 amide bonds. The van der Waals surface area contributed by atoms with Crippen LogP contribution in [0.5, 0.6) is 0 Å². The van der Waals surface area contributed by atoms with Crippen LogP contribution < -0.4 is 5.32 Å². The van der Waals surface area contributed by atoms with Crippen LogP contribution in [-0.2, 0) is 9.53 Å². The molecule has 0 spiro atoms. The Bertz CT molecular complexity index is 998. The number of aliphatic carboxylic acids is 1. The largest absolute Gasteiger partial charge is 0.480 e. The Morgan fingerprint density at radius 1 is 0.969 bits per heavy atom. The Morgan fingerprint density at radius 3 is 1.94 bits per heavy atom. The number of carboxylic acid groups (broad SMARTS) is 1. The minimum atomic E-state index is -4.87. The Hall–Kier alpha value is -3.07. The number of rotatable bonds is 4. The topological polar surface area (TPSA) is 95.9 Å². The van der Waals surface area contributed by atoms with Crippen molar-refractivity contribution in [3.05, 3.63) is 59.7 Å². The number of benzene rings is 2. The van der Waals surface area contributed by atoms with E-state index in [1.165, 1.54) is 0 Å². The summed E-state index contributed by atoms with van der Waals surface area (Å²) in [7, 11) is 0. The average molecular weight is 449 g/mol. The third-order valence-electron chi connectivity index (χ3n) is 6.55. The summed E-state index contributed by atoms with van der Waals surface area (Å²) >= 11 is 0. The first-order valence-electron chi connectivity index (χ1n) is 10.2. The highest BCUT2D eigenvalue weighted by Gasteiger charge is 2.59. The number of ether oxygens (including phenoxy) is 1. The van der Waals surface area contributed by atoms with E-state index in [9.17, 15) is 33.0 Å². The van der Waals surface area contributed by atoms with Gasteiger partial charge in [0, 0.05) is 5.92 Å². The normalized spacial score (nSPS) is 25.0. The molecule has 2 aliphatic carbocycles. The molecule has 0 aliphatic heterocycles. The number of nitrogens with one attached hydrogen (secondary N) is 1. The van der Waals surface area contributed by atoms with Crippen molar-refractivity contribution in [1.82, 2.24) is 5.32 Å². The number of hydrogen-bond donors (Lipinski definition) is 3. The van der Waals surface area contributed by atoms with Gasteiger partial charge in [0.1, 0.15) is 12.1 Å². The van der Waals surface area contributed by atoms with E-state index in [1.807, 2.05) is 48.5 Å². The lowest BCUT2D eigenvalue weighted by atomic mass is 9.73. The second-order valence-corrected chi connectivity index (χ2v) is 8.37. The summed E-state index contributed by atoms with van der Waals surface area (Å²) in [6, 6.07) is 15.4. The molecule has 6 nitrogen and oxygen atoms in total. The Labute approximate surface area is 182 Å². The second-order valence-electron chi connectivity index (χ2n) is 8.37. The van der Waals surface area contributed by atoms with Gasteiger partial charge in [-0.15, -0.1) is 0 Å². The standard InChI is InChI=1S/C23H22F3NO5/c24-23(25,26)22(31)11-9-21(10-12-22,19(28)29)27-20(30)32-13-18-16-7-3-1-5-14(16)15-6-2-4-8-17(15)18/h1-8,18,31H,9-13H2,(H,27,30)(H,28,29). The molecule has 0 unspecified atom stereocenters. The molecule has 2 aromatic carbocycles. The van der Waals surface area contributed by atoms with Gasteiger partial charge in [-0.25, -0.2) is 9.59 Å². The third-order valence-corrected chi connectivity index (χ3v) is 6.55. The van der Waals surface area contributed by atoms with E-state index in [0.29, 0.717) is 0 Å². The van der Waals surface area contributed by atoms with Crippen molar-refractivity contribution in [3.63, 3.8) is 0 Å². The van der Waals surface area contributed by atoms with Crippen LogP contribution >= 0.6 is 0 Å². The number of carbonyl (C=O) groups excluding carboxylic acids is 1. The molecule has 32 heavy (non-hydrogen) atoms. The molecule has 0 radical (unpaired) electrons. The monoisotopic (exact) mass is 449 g/mol. The maximum absolute atomic E-state index is 13.1. The number of amides is 1.